The second kappa shape index (κ2) is 5.87. The zero-order valence-corrected chi connectivity index (χ0v) is 10.8. The number of halogens is 1. The molecule has 0 aromatic carbocycles. The summed E-state index contributed by atoms with van der Waals surface area (Å²) in [6.45, 7) is 3.90. The maximum atomic E-state index is 10.9. The van der Waals surface area contributed by atoms with Gasteiger partial charge in [-0.2, -0.15) is 5.10 Å². The molecule has 0 aliphatic rings. The van der Waals surface area contributed by atoms with Gasteiger partial charge in [-0.3, -0.25) is 0 Å². The monoisotopic (exact) mass is 290 g/mol. The number of amides is 1. The lowest BCUT2D eigenvalue weighted by Gasteiger charge is -2.00. The standard InChI is InChI=1S/C9H11BrN2O2S/c1-3-14-9(13)12-11-6(2)7-4-5-8(10)15-7/h4-5H,3H2,1-2H3,(H,12,13). The predicted octanol–water partition coefficient (Wildman–Crippen LogP) is 2.98. The predicted molar refractivity (Wildman–Crippen MR) is 64.4 cm³/mol. The van der Waals surface area contributed by atoms with Crippen molar-refractivity contribution in [1.82, 2.24) is 5.43 Å². The third-order valence-corrected chi connectivity index (χ3v) is 3.25. The molecule has 1 aromatic rings. The van der Waals surface area contributed by atoms with Crippen LogP contribution >= 0.6 is 27.3 Å². The van der Waals surface area contributed by atoms with Crippen LogP contribution in [-0.2, 0) is 4.74 Å². The summed E-state index contributed by atoms with van der Waals surface area (Å²) >= 11 is 4.91. The molecule has 1 heterocycles. The largest absolute Gasteiger partial charge is 0.449 e. The van der Waals surface area contributed by atoms with Crippen LogP contribution in [0.15, 0.2) is 21.0 Å². The molecular formula is C9H11BrN2O2S. The summed E-state index contributed by atoms with van der Waals surface area (Å²) in [7, 11) is 0. The molecule has 0 aliphatic heterocycles. The highest BCUT2D eigenvalue weighted by Crippen LogP contribution is 2.22. The number of nitrogens with zero attached hydrogens (tertiary/aromatic N) is 1. The van der Waals surface area contributed by atoms with Gasteiger partial charge in [0.15, 0.2) is 0 Å². The van der Waals surface area contributed by atoms with Crippen molar-refractivity contribution in [1.29, 1.82) is 0 Å². The Morgan fingerprint density at radius 2 is 2.40 bits per heavy atom. The van der Waals surface area contributed by atoms with E-state index in [1.54, 1.807) is 18.3 Å². The number of hydrogen-bond acceptors (Lipinski definition) is 4. The average molecular weight is 291 g/mol. The Hall–Kier alpha value is -0.880. The lowest BCUT2D eigenvalue weighted by atomic mass is 10.3. The minimum atomic E-state index is -0.535. The van der Waals surface area contributed by atoms with Gasteiger partial charge in [0, 0.05) is 0 Å². The summed E-state index contributed by atoms with van der Waals surface area (Å²) in [5, 5.41) is 3.91. The van der Waals surface area contributed by atoms with Crippen molar-refractivity contribution >= 4 is 39.1 Å². The van der Waals surface area contributed by atoms with Gasteiger partial charge >= 0.3 is 6.09 Å². The zero-order chi connectivity index (χ0) is 11.3. The topological polar surface area (TPSA) is 50.7 Å². The summed E-state index contributed by atoms with van der Waals surface area (Å²) in [6.07, 6.45) is -0.535. The zero-order valence-electron chi connectivity index (χ0n) is 8.41. The molecule has 1 amide bonds. The van der Waals surface area contributed by atoms with Crippen LogP contribution in [0.3, 0.4) is 0 Å². The van der Waals surface area contributed by atoms with Gasteiger partial charge in [0.2, 0.25) is 0 Å². The maximum absolute atomic E-state index is 10.9. The van der Waals surface area contributed by atoms with Crippen LogP contribution in [0.25, 0.3) is 0 Å². The Kier molecular flexibility index (Phi) is 4.77. The normalized spacial score (nSPS) is 11.3. The number of carbonyl (C=O) groups excluding carboxylic acids is 1. The molecular weight excluding hydrogens is 280 g/mol. The average Bonchev–Trinajstić information content (AvgIpc) is 2.62. The van der Waals surface area contributed by atoms with E-state index in [9.17, 15) is 4.79 Å². The number of hydrazone groups is 1. The quantitative estimate of drug-likeness (QED) is 0.687. The molecule has 0 saturated heterocycles. The van der Waals surface area contributed by atoms with Crippen LogP contribution in [0.1, 0.15) is 18.7 Å². The fourth-order valence-electron chi connectivity index (χ4n) is 0.857. The molecule has 15 heavy (non-hydrogen) atoms. The van der Waals surface area contributed by atoms with Gasteiger partial charge in [-0.25, -0.2) is 10.2 Å². The van der Waals surface area contributed by atoms with E-state index >= 15 is 0 Å². The highest BCUT2D eigenvalue weighted by Gasteiger charge is 2.02. The van der Waals surface area contributed by atoms with E-state index in [2.05, 4.69) is 31.2 Å². The van der Waals surface area contributed by atoms with Gasteiger partial charge in [-0.15, -0.1) is 11.3 Å². The first kappa shape index (κ1) is 12.2. The van der Waals surface area contributed by atoms with Crippen molar-refractivity contribution < 1.29 is 9.53 Å². The maximum Gasteiger partial charge on any atom is 0.427 e. The van der Waals surface area contributed by atoms with Crippen LogP contribution in [0.2, 0.25) is 0 Å². The summed E-state index contributed by atoms with van der Waals surface area (Å²) < 4.78 is 5.70. The van der Waals surface area contributed by atoms with Gasteiger partial charge < -0.3 is 4.74 Å². The van der Waals surface area contributed by atoms with Gasteiger partial charge in [0.25, 0.3) is 0 Å². The molecule has 0 aliphatic carbocycles. The van der Waals surface area contributed by atoms with Crippen LogP contribution in [0.4, 0.5) is 4.79 Å². The van der Waals surface area contributed by atoms with Crippen molar-refractivity contribution in [2.24, 2.45) is 5.10 Å². The Labute approximate surface area is 100 Å². The van der Waals surface area contributed by atoms with E-state index in [1.165, 1.54) is 0 Å². The number of nitrogens with one attached hydrogen (secondary N) is 1. The van der Waals surface area contributed by atoms with Crippen molar-refractivity contribution in [2.75, 3.05) is 6.61 Å². The Balaban J connectivity index is 2.56. The molecule has 0 spiro atoms. The lowest BCUT2D eigenvalue weighted by Crippen LogP contribution is -2.20. The lowest BCUT2D eigenvalue weighted by molar-refractivity contribution is 0.152. The summed E-state index contributed by atoms with van der Waals surface area (Å²) in [5.74, 6) is 0. The third kappa shape index (κ3) is 4.01. The molecule has 82 valence electrons. The first-order valence-electron chi connectivity index (χ1n) is 4.36. The van der Waals surface area contributed by atoms with Crippen molar-refractivity contribution in [3.8, 4) is 0 Å². The van der Waals surface area contributed by atoms with Crippen LogP contribution in [0, 0.1) is 0 Å². The molecule has 0 fully saturated rings. The van der Waals surface area contributed by atoms with Gasteiger partial charge in [-0.05, 0) is 41.9 Å². The minimum Gasteiger partial charge on any atom is -0.449 e. The Morgan fingerprint density at radius 3 is 2.93 bits per heavy atom. The molecule has 0 saturated carbocycles. The molecule has 0 atom stereocenters. The van der Waals surface area contributed by atoms with Crippen molar-refractivity contribution in [2.45, 2.75) is 13.8 Å². The fraction of sp³-hybridized carbons (Fsp3) is 0.333. The third-order valence-electron chi connectivity index (χ3n) is 1.52. The van der Waals surface area contributed by atoms with Crippen molar-refractivity contribution in [3.05, 3.63) is 20.8 Å². The second-order valence-electron chi connectivity index (χ2n) is 2.63. The van der Waals surface area contributed by atoms with E-state index in [-0.39, 0.29) is 0 Å². The highest BCUT2D eigenvalue weighted by molar-refractivity contribution is 9.11. The SMILES string of the molecule is CCOC(=O)NN=C(C)c1ccc(Br)s1. The van der Waals surface area contributed by atoms with E-state index in [1.807, 2.05) is 19.1 Å². The number of hydrogen-bond donors (Lipinski definition) is 1. The van der Waals surface area contributed by atoms with E-state index in [0.717, 1.165) is 14.4 Å². The Bertz CT molecular complexity index is 376. The second-order valence-corrected chi connectivity index (χ2v) is 5.10. The summed E-state index contributed by atoms with van der Waals surface area (Å²) in [5.41, 5.74) is 3.06. The van der Waals surface area contributed by atoms with Gasteiger partial charge in [-0.1, -0.05) is 0 Å². The molecule has 1 aromatic heterocycles. The van der Waals surface area contributed by atoms with E-state index < -0.39 is 6.09 Å². The molecule has 0 unspecified atom stereocenters. The number of thiophene rings is 1. The highest BCUT2D eigenvalue weighted by atomic mass is 79.9. The Morgan fingerprint density at radius 1 is 1.67 bits per heavy atom. The molecule has 4 nitrogen and oxygen atoms in total. The van der Waals surface area contributed by atoms with E-state index in [0.29, 0.717) is 6.61 Å². The number of rotatable bonds is 3. The van der Waals surface area contributed by atoms with Crippen LogP contribution in [-0.4, -0.2) is 18.4 Å². The molecule has 0 bridgehead atoms. The molecule has 0 radical (unpaired) electrons. The fourth-order valence-corrected chi connectivity index (χ4v) is 2.19. The van der Waals surface area contributed by atoms with Crippen LogP contribution in [0.5, 0.6) is 0 Å². The summed E-state index contributed by atoms with van der Waals surface area (Å²) in [6, 6.07) is 3.86. The van der Waals surface area contributed by atoms with Gasteiger partial charge in [0.1, 0.15) is 0 Å². The van der Waals surface area contributed by atoms with Crippen molar-refractivity contribution in [3.63, 3.8) is 0 Å². The van der Waals surface area contributed by atoms with E-state index in [4.69, 9.17) is 0 Å². The van der Waals surface area contributed by atoms with Gasteiger partial charge in [0.05, 0.1) is 21.0 Å². The molecule has 1 rings (SSSR count). The molecule has 1 N–H and O–H groups in total. The van der Waals surface area contributed by atoms with Crippen LogP contribution < -0.4 is 5.43 Å². The number of ether oxygens (including phenoxy) is 1. The smallest absolute Gasteiger partial charge is 0.427 e. The first-order chi connectivity index (χ1) is 7.13. The first-order valence-corrected chi connectivity index (χ1v) is 5.97. The molecule has 6 heteroatoms. The summed E-state index contributed by atoms with van der Waals surface area (Å²) in [4.78, 5) is 11.9. The number of carbonyl (C=O) groups is 1. The minimum absolute atomic E-state index is 0.338.